The molecular weight excluding hydrogens is 476 g/mol. The normalized spacial score (nSPS) is 11.5. The van der Waals surface area contributed by atoms with Crippen LogP contribution in [0, 0.1) is 0 Å². The van der Waals surface area contributed by atoms with Crippen molar-refractivity contribution in [1.29, 1.82) is 0 Å². The smallest absolute Gasteiger partial charge is 0.414 e. The Morgan fingerprint density at radius 1 is 0.833 bits per heavy atom. The predicted molar refractivity (Wildman–Crippen MR) is 151 cm³/mol. The van der Waals surface area contributed by atoms with E-state index < -0.39 is 10.1 Å². The summed E-state index contributed by atoms with van der Waals surface area (Å²) in [4.78, 5) is 12.8. The molecule has 0 N–H and O–H groups in total. The van der Waals surface area contributed by atoms with Crippen LogP contribution in [-0.4, -0.2) is 65.0 Å². The third-order valence-corrected chi connectivity index (χ3v) is 6.70. The number of unbranched alkanes of at least 4 members (excludes halogenated alkanes) is 13. The molecule has 0 aliphatic rings. The van der Waals surface area contributed by atoms with Gasteiger partial charge in [0.1, 0.15) is 11.4 Å². The third kappa shape index (κ3) is 20.5. The third-order valence-electron chi connectivity index (χ3n) is 5.91. The maximum Gasteiger partial charge on any atom is 0.414 e. The summed E-state index contributed by atoms with van der Waals surface area (Å²) >= 11 is 0. The molecule has 0 aromatic heterocycles. The largest absolute Gasteiger partial charge is 0.748 e. The van der Waals surface area contributed by atoms with Crippen molar-refractivity contribution in [3.63, 3.8) is 0 Å². The number of carbonyl (C=O) groups is 1. The highest BCUT2D eigenvalue weighted by molar-refractivity contribution is 7.85. The number of nitrogens with zero attached hydrogens (tertiary/aromatic N) is 2. The number of benzene rings is 1. The number of quaternary nitrogens is 1. The van der Waals surface area contributed by atoms with Crippen LogP contribution in [0.25, 0.3) is 0 Å². The van der Waals surface area contributed by atoms with E-state index >= 15 is 0 Å². The number of hydrogen-bond acceptors (Lipinski definition) is 5. The van der Waals surface area contributed by atoms with Gasteiger partial charge >= 0.3 is 6.09 Å². The summed E-state index contributed by atoms with van der Waals surface area (Å²) in [5, 5.41) is 0. The Bertz CT molecular complexity index is 804. The van der Waals surface area contributed by atoms with Crippen LogP contribution < -0.4 is 9.22 Å². The molecule has 0 aliphatic carbocycles. The second-order valence-corrected chi connectivity index (χ2v) is 12.2. The van der Waals surface area contributed by atoms with E-state index in [9.17, 15) is 17.8 Å². The van der Waals surface area contributed by atoms with Gasteiger partial charge in [-0.3, -0.25) is 4.48 Å². The van der Waals surface area contributed by atoms with E-state index in [-0.39, 0.29) is 11.8 Å². The van der Waals surface area contributed by atoms with Crippen molar-refractivity contribution in [3.05, 3.63) is 24.3 Å². The molecule has 0 radical (unpaired) electrons. The van der Waals surface area contributed by atoms with Gasteiger partial charge in [-0.1, -0.05) is 96.5 Å². The van der Waals surface area contributed by atoms with Crippen LogP contribution in [0.3, 0.4) is 0 Å². The molecule has 0 heterocycles. The Hall–Kier alpha value is -1.64. The first-order chi connectivity index (χ1) is 16.9. The molecule has 36 heavy (non-hydrogen) atoms. The van der Waals surface area contributed by atoms with E-state index in [1.165, 1.54) is 75.5 Å². The van der Waals surface area contributed by atoms with Crippen molar-refractivity contribution in [2.45, 2.75) is 96.8 Å². The van der Waals surface area contributed by atoms with E-state index in [1.54, 1.807) is 20.2 Å². The van der Waals surface area contributed by atoms with Crippen LogP contribution >= 0.6 is 0 Å². The molecule has 0 spiro atoms. The van der Waals surface area contributed by atoms with Gasteiger partial charge in [0.05, 0.1) is 31.3 Å². The Labute approximate surface area is 221 Å². The molecule has 0 bridgehead atoms. The number of carbonyl (C=O) groups excluding carboxylic acids is 1. The highest BCUT2D eigenvalue weighted by Gasteiger charge is 2.14. The molecule has 0 atom stereocenters. The van der Waals surface area contributed by atoms with Gasteiger partial charge in [0.25, 0.3) is 0 Å². The minimum absolute atomic E-state index is 0.189. The Morgan fingerprint density at radius 2 is 1.28 bits per heavy atom. The molecule has 0 unspecified atom stereocenters. The summed E-state index contributed by atoms with van der Waals surface area (Å²) in [7, 11) is 5.51. The summed E-state index contributed by atoms with van der Waals surface area (Å²) in [6.45, 7) is 2.25. The lowest BCUT2D eigenvalue weighted by atomic mass is 10.0. The van der Waals surface area contributed by atoms with Crippen molar-refractivity contribution >= 4 is 21.9 Å². The van der Waals surface area contributed by atoms with Crippen LogP contribution in [0.15, 0.2) is 24.3 Å². The van der Waals surface area contributed by atoms with E-state index in [4.69, 9.17) is 4.74 Å². The minimum Gasteiger partial charge on any atom is -0.748 e. The highest BCUT2D eigenvalue weighted by atomic mass is 32.2. The van der Waals surface area contributed by atoms with Gasteiger partial charge in [-0.25, -0.2) is 13.2 Å². The van der Waals surface area contributed by atoms with Crippen molar-refractivity contribution < 1.29 is 22.5 Å². The van der Waals surface area contributed by atoms with Gasteiger partial charge in [0.15, 0.2) is 0 Å². The van der Waals surface area contributed by atoms with Gasteiger partial charge in [-0.2, -0.15) is 0 Å². The lowest BCUT2D eigenvalue weighted by Crippen LogP contribution is -2.34. The number of amides is 1. The lowest BCUT2D eigenvalue weighted by molar-refractivity contribution is 0.172. The molecule has 1 amide bonds. The summed E-state index contributed by atoms with van der Waals surface area (Å²) in [6, 6.07) is 7.55. The van der Waals surface area contributed by atoms with Crippen LogP contribution in [0.4, 0.5) is 10.5 Å². The molecule has 0 aliphatic heterocycles. The number of rotatable bonds is 17. The van der Waals surface area contributed by atoms with Crippen LogP contribution in [0.5, 0.6) is 5.75 Å². The predicted octanol–water partition coefficient (Wildman–Crippen LogP) is 6.96. The van der Waals surface area contributed by atoms with Crippen molar-refractivity contribution in [2.75, 3.05) is 41.0 Å². The molecule has 0 saturated heterocycles. The maximum atomic E-state index is 11.4. The molecule has 1 aromatic rings. The second kappa shape index (κ2) is 19.5. The fraction of sp³-hybridized carbons (Fsp3) is 0.750. The summed E-state index contributed by atoms with van der Waals surface area (Å²) in [5.41, 5.74) is 1.09. The van der Waals surface area contributed by atoms with Crippen molar-refractivity contribution in [3.8, 4) is 5.75 Å². The molecule has 210 valence electrons. The Kier molecular flexibility index (Phi) is 18.6. The maximum absolute atomic E-state index is 11.4. The number of hydrogen-bond donors (Lipinski definition) is 0. The van der Waals surface area contributed by atoms with Crippen molar-refractivity contribution in [1.82, 2.24) is 9.38 Å². The summed E-state index contributed by atoms with van der Waals surface area (Å²) < 4.78 is 37.1. The van der Waals surface area contributed by atoms with E-state index in [2.05, 4.69) is 28.1 Å². The zero-order chi connectivity index (χ0) is 27.5. The fourth-order valence-electron chi connectivity index (χ4n) is 3.63. The first kappa shape index (κ1) is 34.4. The summed E-state index contributed by atoms with van der Waals surface area (Å²) in [5.74, 6) is 0.384. The molecule has 0 saturated carbocycles. The Balaban J connectivity index is 0.000000696. The zero-order valence-electron chi connectivity index (χ0n) is 23.8. The second-order valence-electron chi connectivity index (χ2n) is 10.6. The monoisotopic (exact) mass is 528 g/mol. The fourth-order valence-corrected chi connectivity index (χ4v) is 4.19. The quantitative estimate of drug-likeness (QED) is 0.124. The molecule has 1 rings (SSSR count). The zero-order valence-corrected chi connectivity index (χ0v) is 24.6. The van der Waals surface area contributed by atoms with E-state index in [0.717, 1.165) is 18.5 Å². The van der Waals surface area contributed by atoms with Gasteiger partial charge in [-0.05, 0) is 18.6 Å². The van der Waals surface area contributed by atoms with Gasteiger partial charge in [0, 0.05) is 25.9 Å². The molecule has 7 nitrogen and oxygen atoms in total. The average molecular weight is 529 g/mol. The Morgan fingerprint density at radius 3 is 1.67 bits per heavy atom. The van der Waals surface area contributed by atoms with Gasteiger partial charge in [0.2, 0.25) is 0 Å². The average Bonchev–Trinajstić information content (AvgIpc) is 2.78. The summed E-state index contributed by atoms with van der Waals surface area (Å²) in [6.07, 6.45) is 16.8. The first-order valence-electron chi connectivity index (χ1n) is 13.6. The van der Waals surface area contributed by atoms with Crippen LogP contribution in [0.1, 0.15) is 96.8 Å². The van der Waals surface area contributed by atoms with E-state index in [1.807, 2.05) is 18.2 Å². The van der Waals surface area contributed by atoms with Crippen LogP contribution in [0.2, 0.25) is 0 Å². The van der Waals surface area contributed by atoms with E-state index in [0.29, 0.717) is 16.7 Å². The van der Waals surface area contributed by atoms with Crippen molar-refractivity contribution in [2.24, 2.45) is 0 Å². The SMILES string of the molecule is CCCCCCCCCCCCCCCCS(=O)(=O)[O-].CN(C)C(=O)Oc1cccc([N+](C)(C)C)c1. The lowest BCUT2D eigenvalue weighted by Gasteiger charge is -2.23. The molecule has 8 heteroatoms. The van der Waals surface area contributed by atoms with Gasteiger partial charge < -0.3 is 14.2 Å². The topological polar surface area (TPSA) is 86.7 Å². The molecule has 1 aromatic carbocycles. The first-order valence-corrected chi connectivity index (χ1v) is 15.2. The van der Waals surface area contributed by atoms with Crippen LogP contribution in [-0.2, 0) is 10.1 Å². The minimum atomic E-state index is -3.99. The number of ether oxygens (including phenoxy) is 1. The van der Waals surface area contributed by atoms with Gasteiger partial charge in [-0.15, -0.1) is 0 Å². The standard InChI is InChI=1S/C16H34O3S.C12H19N2O2/c1-2-3-4-5-6-7-8-9-10-11-12-13-14-15-16-20(17,18)19;1-13(2)12(15)16-11-8-6-7-10(9-11)14(3,4)5/h2-16H2,1H3,(H,17,18,19);6-9H,1-5H3/q;+1/p-1. The molecular formula is C28H52N2O5S. The highest BCUT2D eigenvalue weighted by Crippen LogP contribution is 2.23. The molecule has 0 fully saturated rings.